The summed E-state index contributed by atoms with van der Waals surface area (Å²) in [4.78, 5) is 12.6. The van der Waals surface area contributed by atoms with Gasteiger partial charge >= 0.3 is 5.97 Å². The fourth-order valence-electron chi connectivity index (χ4n) is 2.39. The Balaban J connectivity index is 2.20. The van der Waals surface area contributed by atoms with E-state index in [4.69, 9.17) is 0 Å². The van der Waals surface area contributed by atoms with Gasteiger partial charge in [0.1, 0.15) is 4.75 Å². The van der Waals surface area contributed by atoms with Crippen LogP contribution in [0.4, 0.5) is 0 Å². The molecule has 17 heavy (non-hydrogen) atoms. The van der Waals surface area contributed by atoms with E-state index in [1.807, 2.05) is 25.1 Å². The minimum absolute atomic E-state index is 0.591. The first kappa shape index (κ1) is 12.5. The van der Waals surface area contributed by atoms with Gasteiger partial charge in [-0.3, -0.25) is 4.79 Å². The third-order valence-electron chi connectivity index (χ3n) is 3.35. The molecule has 0 atom stereocenters. The van der Waals surface area contributed by atoms with Crippen molar-refractivity contribution < 1.29 is 9.90 Å². The monoisotopic (exact) mass is 250 g/mol. The molecular weight excluding hydrogens is 232 g/mol. The van der Waals surface area contributed by atoms with Gasteiger partial charge in [-0.05, 0) is 31.9 Å². The number of hydrogen-bond donors (Lipinski definition) is 1. The molecule has 0 aliphatic heterocycles. The summed E-state index contributed by atoms with van der Waals surface area (Å²) in [6, 6.07) is 8.12. The van der Waals surface area contributed by atoms with Crippen LogP contribution in [0.2, 0.25) is 0 Å². The van der Waals surface area contributed by atoms with E-state index in [1.165, 1.54) is 23.7 Å². The molecule has 92 valence electrons. The van der Waals surface area contributed by atoms with Crippen LogP contribution in [-0.4, -0.2) is 15.8 Å². The maximum atomic E-state index is 11.5. The lowest BCUT2D eigenvalue weighted by Gasteiger charge is -2.32. The molecule has 0 bridgehead atoms. The topological polar surface area (TPSA) is 37.3 Å². The molecule has 1 saturated carbocycles. The summed E-state index contributed by atoms with van der Waals surface area (Å²) in [7, 11) is 0. The number of aryl methyl sites for hydroxylation is 1. The van der Waals surface area contributed by atoms with Gasteiger partial charge in [0.05, 0.1) is 0 Å². The van der Waals surface area contributed by atoms with Crippen LogP contribution in [0.15, 0.2) is 29.2 Å². The van der Waals surface area contributed by atoms with Crippen molar-refractivity contribution in [1.82, 2.24) is 0 Å². The fraction of sp³-hybridized carbons (Fsp3) is 0.500. The van der Waals surface area contributed by atoms with Crippen LogP contribution in [0.1, 0.15) is 37.7 Å². The maximum absolute atomic E-state index is 11.5. The molecule has 1 fully saturated rings. The molecule has 1 N–H and O–H groups in total. The Morgan fingerprint density at radius 1 is 1.29 bits per heavy atom. The van der Waals surface area contributed by atoms with Gasteiger partial charge in [0.2, 0.25) is 0 Å². The van der Waals surface area contributed by atoms with Crippen LogP contribution in [-0.2, 0) is 4.79 Å². The predicted molar refractivity (Wildman–Crippen MR) is 70.5 cm³/mol. The van der Waals surface area contributed by atoms with Gasteiger partial charge in [0.15, 0.2) is 0 Å². The number of carboxylic acids is 1. The SMILES string of the molecule is Cc1cccc(SC2(C(=O)O)CCCCC2)c1. The standard InChI is InChI=1S/C14H18O2S/c1-11-6-5-7-12(10-11)17-14(13(15)16)8-3-2-4-9-14/h5-7,10H,2-4,8-9H2,1H3,(H,15,16). The molecule has 1 aliphatic rings. The molecule has 0 amide bonds. The third-order valence-corrected chi connectivity index (χ3v) is 4.82. The van der Waals surface area contributed by atoms with Gasteiger partial charge in [-0.25, -0.2) is 0 Å². The largest absolute Gasteiger partial charge is 0.480 e. The molecule has 2 nitrogen and oxygen atoms in total. The molecule has 1 aliphatic carbocycles. The molecule has 0 spiro atoms. The zero-order valence-corrected chi connectivity index (χ0v) is 10.9. The number of rotatable bonds is 3. The molecule has 0 saturated heterocycles. The van der Waals surface area contributed by atoms with Gasteiger partial charge in [0.25, 0.3) is 0 Å². The Hall–Kier alpha value is -0.960. The van der Waals surface area contributed by atoms with E-state index in [0.717, 1.165) is 30.6 Å². The highest BCUT2D eigenvalue weighted by Gasteiger charge is 2.40. The van der Waals surface area contributed by atoms with E-state index in [9.17, 15) is 9.90 Å². The minimum Gasteiger partial charge on any atom is -0.480 e. The first-order valence-electron chi connectivity index (χ1n) is 6.11. The van der Waals surface area contributed by atoms with E-state index >= 15 is 0 Å². The zero-order valence-electron chi connectivity index (χ0n) is 10.1. The Labute approximate surface area is 106 Å². The molecule has 1 aromatic carbocycles. The van der Waals surface area contributed by atoms with Crippen LogP contribution < -0.4 is 0 Å². The highest BCUT2D eigenvalue weighted by atomic mass is 32.2. The van der Waals surface area contributed by atoms with Crippen molar-refractivity contribution in [2.24, 2.45) is 0 Å². The van der Waals surface area contributed by atoms with E-state index in [-0.39, 0.29) is 0 Å². The van der Waals surface area contributed by atoms with Gasteiger partial charge in [0, 0.05) is 4.90 Å². The number of carboxylic acid groups (broad SMARTS) is 1. The summed E-state index contributed by atoms with van der Waals surface area (Å²) in [5.41, 5.74) is 1.19. The van der Waals surface area contributed by atoms with Crippen molar-refractivity contribution in [3.63, 3.8) is 0 Å². The highest BCUT2D eigenvalue weighted by Crippen LogP contribution is 2.44. The van der Waals surface area contributed by atoms with Crippen LogP contribution >= 0.6 is 11.8 Å². The lowest BCUT2D eigenvalue weighted by Crippen LogP contribution is -2.37. The van der Waals surface area contributed by atoms with Crippen molar-refractivity contribution in [2.75, 3.05) is 0 Å². The predicted octanol–water partition coefficient (Wildman–Crippen LogP) is 3.87. The van der Waals surface area contributed by atoms with Crippen molar-refractivity contribution in [3.8, 4) is 0 Å². The number of carbonyl (C=O) groups is 1. The van der Waals surface area contributed by atoms with Gasteiger partial charge < -0.3 is 5.11 Å². The molecule has 0 heterocycles. The van der Waals surface area contributed by atoms with Crippen LogP contribution in [0.5, 0.6) is 0 Å². The van der Waals surface area contributed by atoms with Crippen LogP contribution in [0.25, 0.3) is 0 Å². The molecular formula is C14H18O2S. The summed E-state index contributed by atoms with van der Waals surface area (Å²) in [6.07, 6.45) is 4.82. The van der Waals surface area contributed by atoms with E-state index in [2.05, 4.69) is 6.07 Å². The highest BCUT2D eigenvalue weighted by molar-refractivity contribution is 8.01. The van der Waals surface area contributed by atoms with Gasteiger partial charge in [-0.1, -0.05) is 37.0 Å². The summed E-state index contributed by atoms with van der Waals surface area (Å²) in [5, 5.41) is 9.50. The summed E-state index contributed by atoms with van der Waals surface area (Å²) in [6.45, 7) is 2.04. The summed E-state index contributed by atoms with van der Waals surface area (Å²) in [5.74, 6) is -0.649. The molecule has 0 aromatic heterocycles. The number of hydrogen-bond acceptors (Lipinski definition) is 2. The molecule has 1 aromatic rings. The lowest BCUT2D eigenvalue weighted by atomic mass is 9.88. The second-order valence-corrected chi connectivity index (χ2v) is 6.24. The van der Waals surface area contributed by atoms with Gasteiger partial charge in [-0.2, -0.15) is 0 Å². The second kappa shape index (κ2) is 5.13. The quantitative estimate of drug-likeness (QED) is 0.884. The summed E-state index contributed by atoms with van der Waals surface area (Å²) >= 11 is 1.53. The molecule has 0 unspecified atom stereocenters. The molecule has 0 radical (unpaired) electrons. The first-order valence-corrected chi connectivity index (χ1v) is 6.93. The second-order valence-electron chi connectivity index (χ2n) is 4.78. The number of aliphatic carboxylic acids is 1. The van der Waals surface area contributed by atoms with E-state index < -0.39 is 10.7 Å². The van der Waals surface area contributed by atoms with Crippen LogP contribution in [0, 0.1) is 6.92 Å². The van der Waals surface area contributed by atoms with Crippen LogP contribution in [0.3, 0.4) is 0 Å². The fourth-order valence-corrected chi connectivity index (χ4v) is 3.81. The molecule has 3 heteroatoms. The smallest absolute Gasteiger partial charge is 0.320 e. The lowest BCUT2D eigenvalue weighted by molar-refractivity contribution is -0.140. The summed E-state index contributed by atoms with van der Waals surface area (Å²) < 4.78 is -0.591. The normalized spacial score (nSPS) is 18.9. The Morgan fingerprint density at radius 3 is 2.59 bits per heavy atom. The Bertz CT molecular complexity index is 408. The Morgan fingerprint density at radius 2 is 2.00 bits per heavy atom. The maximum Gasteiger partial charge on any atom is 0.320 e. The zero-order chi connectivity index (χ0) is 12.3. The first-order chi connectivity index (χ1) is 8.12. The van der Waals surface area contributed by atoms with Crippen molar-refractivity contribution in [3.05, 3.63) is 29.8 Å². The molecule has 2 rings (SSSR count). The minimum atomic E-state index is -0.649. The van der Waals surface area contributed by atoms with Crippen molar-refractivity contribution in [1.29, 1.82) is 0 Å². The van der Waals surface area contributed by atoms with Gasteiger partial charge in [-0.15, -0.1) is 11.8 Å². The third kappa shape index (κ3) is 2.83. The van der Waals surface area contributed by atoms with Crippen molar-refractivity contribution in [2.45, 2.75) is 48.7 Å². The number of benzene rings is 1. The average Bonchev–Trinajstić information content (AvgIpc) is 2.30. The van der Waals surface area contributed by atoms with E-state index in [0.29, 0.717) is 0 Å². The average molecular weight is 250 g/mol. The Kier molecular flexibility index (Phi) is 3.77. The van der Waals surface area contributed by atoms with E-state index in [1.54, 1.807) is 0 Å². The van der Waals surface area contributed by atoms with Crippen molar-refractivity contribution >= 4 is 17.7 Å². The number of thioether (sulfide) groups is 1.